The number of hydrogen-bond donors (Lipinski definition) is 0. The van der Waals surface area contributed by atoms with E-state index >= 15 is 0 Å². The fourth-order valence-corrected chi connectivity index (χ4v) is 3.97. The third-order valence-corrected chi connectivity index (χ3v) is 5.24. The second-order valence-corrected chi connectivity index (χ2v) is 7.03. The van der Waals surface area contributed by atoms with Crippen molar-refractivity contribution in [2.75, 3.05) is 13.2 Å². The fraction of sp³-hybridized carbons (Fsp3) is 1.00. The molecule has 0 spiro atoms. The Balaban J connectivity index is 2.87. The number of hydrogen-bond acceptors (Lipinski definition) is 2. The van der Waals surface area contributed by atoms with Crippen LogP contribution in [0, 0.1) is 0 Å². The van der Waals surface area contributed by atoms with E-state index in [1.807, 2.05) is 0 Å². The van der Waals surface area contributed by atoms with E-state index in [0.717, 1.165) is 19.3 Å². The van der Waals surface area contributed by atoms with Crippen LogP contribution in [0.2, 0.25) is 0 Å². The average molecular weight is 344 g/mol. The second-order valence-electron chi connectivity index (χ2n) is 4.17. The van der Waals surface area contributed by atoms with Gasteiger partial charge < -0.3 is 9.47 Å². The Kier molecular flexibility index (Phi) is 5.09. The Morgan fingerprint density at radius 1 is 1.33 bits per heavy atom. The molecule has 2 nitrogen and oxygen atoms in total. The first-order valence-electron chi connectivity index (χ1n) is 5.61. The zero-order valence-corrected chi connectivity index (χ0v) is 12.9. The van der Waals surface area contributed by atoms with Crippen LogP contribution in [0.15, 0.2) is 0 Å². The van der Waals surface area contributed by atoms with Crippen LogP contribution in [-0.2, 0) is 9.47 Å². The molecule has 0 N–H and O–H groups in total. The van der Waals surface area contributed by atoms with Crippen LogP contribution < -0.4 is 0 Å². The summed E-state index contributed by atoms with van der Waals surface area (Å²) in [7, 11) is 0. The molecule has 1 fully saturated rings. The first-order chi connectivity index (χ1) is 7.00. The van der Waals surface area contributed by atoms with Crippen LogP contribution in [0.25, 0.3) is 0 Å². The maximum Gasteiger partial charge on any atom is 0.196 e. The van der Waals surface area contributed by atoms with Crippen molar-refractivity contribution < 1.29 is 9.47 Å². The van der Waals surface area contributed by atoms with Gasteiger partial charge >= 0.3 is 0 Å². The van der Waals surface area contributed by atoms with Gasteiger partial charge in [0.2, 0.25) is 0 Å². The summed E-state index contributed by atoms with van der Waals surface area (Å²) in [6.07, 6.45) is 3.15. The lowest BCUT2D eigenvalue weighted by Gasteiger charge is -2.43. The minimum absolute atomic E-state index is 0.139. The molecule has 2 unspecified atom stereocenters. The molecule has 0 aliphatic carbocycles. The first-order valence-corrected chi connectivity index (χ1v) is 7.32. The quantitative estimate of drug-likeness (QED) is 0.706. The minimum Gasteiger partial charge on any atom is -0.345 e. The summed E-state index contributed by atoms with van der Waals surface area (Å²) in [5.74, 6) is -0.516. The van der Waals surface area contributed by atoms with Gasteiger partial charge in [0.05, 0.1) is 22.4 Å². The molecule has 15 heavy (non-hydrogen) atoms. The number of rotatable bonds is 5. The van der Waals surface area contributed by atoms with E-state index in [-0.39, 0.29) is 9.15 Å². The van der Waals surface area contributed by atoms with Gasteiger partial charge in [-0.2, -0.15) is 0 Å². The van der Waals surface area contributed by atoms with Crippen LogP contribution >= 0.6 is 31.9 Å². The molecule has 0 radical (unpaired) electrons. The second kappa shape index (κ2) is 5.48. The highest BCUT2D eigenvalue weighted by Gasteiger charge is 2.54. The van der Waals surface area contributed by atoms with Gasteiger partial charge in [0.1, 0.15) is 0 Å². The molecule has 1 aliphatic rings. The monoisotopic (exact) mass is 342 g/mol. The summed E-state index contributed by atoms with van der Waals surface area (Å²) in [5.41, 5.74) is 0. The number of alkyl halides is 2. The van der Waals surface area contributed by atoms with Gasteiger partial charge in [-0.15, -0.1) is 0 Å². The SMILES string of the molecule is CCCC(Br)C1(C(C)(Br)CC)OCCO1. The third-order valence-electron chi connectivity index (χ3n) is 3.06. The summed E-state index contributed by atoms with van der Waals surface area (Å²) in [6, 6.07) is 0. The molecule has 1 saturated heterocycles. The highest BCUT2D eigenvalue weighted by atomic mass is 79.9. The molecule has 1 heterocycles. The lowest BCUT2D eigenvalue weighted by Crippen LogP contribution is -2.55. The van der Waals surface area contributed by atoms with Crippen molar-refractivity contribution >= 4 is 31.9 Å². The molecule has 1 aliphatic heterocycles. The van der Waals surface area contributed by atoms with Gasteiger partial charge in [-0.3, -0.25) is 0 Å². The lowest BCUT2D eigenvalue weighted by atomic mass is 9.92. The van der Waals surface area contributed by atoms with E-state index in [1.165, 1.54) is 0 Å². The Bertz CT molecular complexity index is 201. The average Bonchev–Trinajstić information content (AvgIpc) is 2.68. The van der Waals surface area contributed by atoms with Gasteiger partial charge in [0, 0.05) is 0 Å². The van der Waals surface area contributed by atoms with Crippen molar-refractivity contribution in [3.8, 4) is 0 Å². The molecule has 0 aromatic rings. The molecule has 0 saturated carbocycles. The molecule has 0 amide bonds. The highest BCUT2D eigenvalue weighted by Crippen LogP contribution is 2.46. The van der Waals surface area contributed by atoms with Crippen LogP contribution in [0.5, 0.6) is 0 Å². The Morgan fingerprint density at radius 3 is 2.27 bits per heavy atom. The largest absolute Gasteiger partial charge is 0.345 e. The van der Waals surface area contributed by atoms with Crippen LogP contribution in [0.4, 0.5) is 0 Å². The Hall–Kier alpha value is 0.880. The Morgan fingerprint density at radius 2 is 1.87 bits per heavy atom. The van der Waals surface area contributed by atoms with Crippen molar-refractivity contribution in [2.45, 2.75) is 55.0 Å². The van der Waals surface area contributed by atoms with Gasteiger partial charge in [0.15, 0.2) is 5.79 Å². The first kappa shape index (κ1) is 13.9. The fourth-order valence-electron chi connectivity index (χ4n) is 1.93. The zero-order chi connectivity index (χ0) is 11.5. The summed E-state index contributed by atoms with van der Waals surface area (Å²) >= 11 is 7.47. The smallest absolute Gasteiger partial charge is 0.196 e. The van der Waals surface area contributed by atoms with E-state index in [9.17, 15) is 0 Å². The summed E-state index contributed by atoms with van der Waals surface area (Å²) in [5, 5.41) is 0. The van der Waals surface area contributed by atoms with Gasteiger partial charge in [0.25, 0.3) is 0 Å². The topological polar surface area (TPSA) is 18.5 Å². The van der Waals surface area contributed by atoms with E-state index < -0.39 is 5.79 Å². The predicted octanol–water partition coefficient (Wildman–Crippen LogP) is 3.86. The van der Waals surface area contributed by atoms with Crippen molar-refractivity contribution in [1.82, 2.24) is 0 Å². The maximum atomic E-state index is 5.89. The van der Waals surface area contributed by atoms with E-state index in [0.29, 0.717) is 13.2 Å². The van der Waals surface area contributed by atoms with Crippen molar-refractivity contribution in [3.05, 3.63) is 0 Å². The third kappa shape index (κ3) is 2.59. The molecule has 1 rings (SSSR count). The number of ether oxygens (including phenoxy) is 2. The van der Waals surface area contributed by atoms with Crippen molar-refractivity contribution in [2.24, 2.45) is 0 Å². The van der Waals surface area contributed by atoms with Crippen molar-refractivity contribution in [1.29, 1.82) is 0 Å². The number of halogens is 2. The summed E-state index contributed by atoms with van der Waals surface area (Å²) in [4.78, 5) is 0.238. The van der Waals surface area contributed by atoms with Crippen LogP contribution in [0.3, 0.4) is 0 Å². The summed E-state index contributed by atoms with van der Waals surface area (Å²) in [6.45, 7) is 7.84. The van der Waals surface area contributed by atoms with E-state index in [1.54, 1.807) is 0 Å². The van der Waals surface area contributed by atoms with Crippen molar-refractivity contribution in [3.63, 3.8) is 0 Å². The zero-order valence-electron chi connectivity index (χ0n) is 9.69. The predicted molar refractivity (Wildman–Crippen MR) is 69.9 cm³/mol. The minimum atomic E-state index is -0.516. The van der Waals surface area contributed by atoms with Gasteiger partial charge in [-0.1, -0.05) is 52.1 Å². The molecule has 90 valence electrons. The standard InChI is InChI=1S/C11H20Br2O2/c1-4-6-9(12)11(10(3,13)5-2)14-7-8-15-11/h9H,4-8H2,1-3H3. The molecular weight excluding hydrogens is 324 g/mol. The molecule has 0 bridgehead atoms. The highest BCUT2D eigenvalue weighted by molar-refractivity contribution is 9.10. The summed E-state index contributed by atoms with van der Waals surface area (Å²) < 4.78 is 11.7. The molecular formula is C11H20Br2O2. The molecule has 0 aromatic heterocycles. The molecule has 4 heteroatoms. The Labute approximate surface area is 109 Å². The molecule has 2 atom stereocenters. The van der Waals surface area contributed by atoms with Gasteiger partial charge in [-0.25, -0.2) is 0 Å². The van der Waals surface area contributed by atoms with Gasteiger partial charge in [-0.05, 0) is 19.8 Å². The normalized spacial score (nSPS) is 26.2. The van der Waals surface area contributed by atoms with E-state index in [4.69, 9.17) is 9.47 Å². The van der Waals surface area contributed by atoms with E-state index in [2.05, 4.69) is 52.6 Å². The lowest BCUT2D eigenvalue weighted by molar-refractivity contribution is -0.177. The molecule has 0 aromatic carbocycles. The van der Waals surface area contributed by atoms with Crippen LogP contribution in [-0.4, -0.2) is 28.2 Å². The van der Waals surface area contributed by atoms with Crippen LogP contribution in [0.1, 0.15) is 40.0 Å². The maximum absolute atomic E-state index is 5.89.